The van der Waals surface area contributed by atoms with Crippen molar-refractivity contribution in [3.63, 3.8) is 0 Å². The third-order valence-electron chi connectivity index (χ3n) is 4.63. The summed E-state index contributed by atoms with van der Waals surface area (Å²) in [5, 5.41) is 13.2. The number of aliphatic hydroxyl groups is 1. The molecule has 0 unspecified atom stereocenters. The monoisotopic (exact) mass is 356 g/mol. The molecule has 26 heavy (non-hydrogen) atoms. The summed E-state index contributed by atoms with van der Waals surface area (Å²) >= 11 is 0. The number of anilines is 1. The van der Waals surface area contributed by atoms with E-state index in [-0.39, 0.29) is 30.1 Å². The maximum Gasteiger partial charge on any atom is 0.227 e. The van der Waals surface area contributed by atoms with Gasteiger partial charge >= 0.3 is 0 Å². The van der Waals surface area contributed by atoms with Gasteiger partial charge in [-0.05, 0) is 24.1 Å². The minimum atomic E-state index is -0.489. The van der Waals surface area contributed by atoms with Gasteiger partial charge in [-0.25, -0.2) is 0 Å². The fourth-order valence-corrected chi connectivity index (χ4v) is 3.12. The van der Waals surface area contributed by atoms with Crippen molar-refractivity contribution in [1.82, 2.24) is 5.16 Å². The first-order valence-electron chi connectivity index (χ1n) is 8.80. The average molecular weight is 356 g/mol. The number of carbonyl (C=O) groups excluding carboxylic acids is 2. The fourth-order valence-electron chi connectivity index (χ4n) is 3.12. The molecule has 2 aromatic rings. The second-order valence-electron chi connectivity index (χ2n) is 7.72. The molecule has 1 aliphatic heterocycles. The third kappa shape index (κ3) is 3.70. The van der Waals surface area contributed by atoms with Gasteiger partial charge in [0.05, 0.1) is 24.8 Å². The number of hydrogen-bond acceptors (Lipinski definition) is 5. The van der Waals surface area contributed by atoms with Crippen molar-refractivity contribution in [3.05, 3.63) is 47.3 Å². The Bertz CT molecular complexity index is 802. The Labute approximate surface area is 152 Å². The van der Waals surface area contributed by atoms with Crippen LogP contribution in [0.5, 0.6) is 0 Å². The lowest BCUT2D eigenvalue weighted by atomic mass is 9.93. The van der Waals surface area contributed by atoms with Crippen LogP contribution in [-0.4, -0.2) is 28.0 Å². The van der Waals surface area contributed by atoms with Crippen molar-refractivity contribution in [2.75, 3.05) is 4.90 Å². The van der Waals surface area contributed by atoms with Crippen LogP contribution in [0.2, 0.25) is 0 Å². The zero-order valence-corrected chi connectivity index (χ0v) is 15.4. The van der Waals surface area contributed by atoms with Gasteiger partial charge in [0.1, 0.15) is 5.76 Å². The highest BCUT2D eigenvalue weighted by molar-refractivity contribution is 6.04. The van der Waals surface area contributed by atoms with E-state index in [1.54, 1.807) is 29.2 Å². The van der Waals surface area contributed by atoms with E-state index in [4.69, 9.17) is 9.63 Å². The van der Waals surface area contributed by atoms with E-state index in [0.29, 0.717) is 24.2 Å². The van der Waals surface area contributed by atoms with Crippen LogP contribution in [0.3, 0.4) is 0 Å². The predicted molar refractivity (Wildman–Crippen MR) is 96.8 cm³/mol. The van der Waals surface area contributed by atoms with Crippen LogP contribution in [0.1, 0.15) is 50.6 Å². The predicted octanol–water partition coefficient (Wildman–Crippen LogP) is 2.77. The van der Waals surface area contributed by atoms with E-state index in [1.807, 2.05) is 26.8 Å². The van der Waals surface area contributed by atoms with Crippen LogP contribution in [-0.2, 0) is 28.0 Å². The van der Waals surface area contributed by atoms with E-state index in [0.717, 1.165) is 11.3 Å². The third-order valence-corrected chi connectivity index (χ3v) is 4.63. The smallest absolute Gasteiger partial charge is 0.227 e. The number of hydrogen-bond donors (Lipinski definition) is 1. The molecule has 1 N–H and O–H groups in total. The number of aromatic nitrogens is 1. The molecule has 0 aliphatic carbocycles. The Morgan fingerprint density at radius 3 is 2.58 bits per heavy atom. The second kappa shape index (κ2) is 7.03. The minimum Gasteiger partial charge on any atom is -0.392 e. The Morgan fingerprint density at radius 2 is 2.00 bits per heavy atom. The lowest BCUT2D eigenvalue weighted by molar-refractivity contribution is -0.122. The second-order valence-corrected chi connectivity index (χ2v) is 7.72. The van der Waals surface area contributed by atoms with Gasteiger partial charge in [0, 0.05) is 23.6 Å². The van der Waals surface area contributed by atoms with Gasteiger partial charge in [-0.3, -0.25) is 9.59 Å². The first-order chi connectivity index (χ1) is 12.3. The fraction of sp³-hybridized carbons (Fsp3) is 0.450. The summed E-state index contributed by atoms with van der Waals surface area (Å²) in [4.78, 5) is 26.7. The molecule has 1 atom stereocenters. The van der Waals surface area contributed by atoms with Gasteiger partial charge < -0.3 is 14.5 Å². The van der Waals surface area contributed by atoms with Crippen LogP contribution in [0, 0.1) is 0 Å². The van der Waals surface area contributed by atoms with E-state index in [1.165, 1.54) is 0 Å². The number of Topliss-reactive ketones (excluding diaryl/α,β-unsaturated/α-hetero) is 1. The molecular weight excluding hydrogens is 332 g/mol. The van der Waals surface area contributed by atoms with Gasteiger partial charge in [0.25, 0.3) is 0 Å². The molecule has 1 amide bonds. The van der Waals surface area contributed by atoms with Crippen LogP contribution in [0.4, 0.5) is 5.69 Å². The number of rotatable bonds is 5. The highest BCUT2D eigenvalue weighted by Crippen LogP contribution is 2.29. The van der Waals surface area contributed by atoms with Crippen molar-refractivity contribution in [2.24, 2.45) is 0 Å². The Balaban J connectivity index is 1.77. The lowest BCUT2D eigenvalue weighted by Crippen LogP contribution is -2.39. The van der Waals surface area contributed by atoms with Crippen molar-refractivity contribution in [2.45, 2.75) is 58.1 Å². The summed E-state index contributed by atoms with van der Waals surface area (Å²) < 4.78 is 5.34. The van der Waals surface area contributed by atoms with Gasteiger partial charge in [-0.15, -0.1) is 0 Å². The SMILES string of the molecule is CC(C)(C)c1cc(CC(=O)[C@@H]2CCC(=O)N2c2ccc(CO)cc2)no1. The largest absolute Gasteiger partial charge is 0.392 e. The number of nitrogens with zero attached hydrogens (tertiary/aromatic N) is 2. The Morgan fingerprint density at radius 1 is 1.31 bits per heavy atom. The summed E-state index contributed by atoms with van der Waals surface area (Å²) in [5.41, 5.74) is 1.87. The Hall–Kier alpha value is -2.47. The lowest BCUT2D eigenvalue weighted by Gasteiger charge is -2.24. The summed E-state index contributed by atoms with van der Waals surface area (Å²) in [6, 6.07) is 8.38. The number of ketones is 1. The normalized spacial score (nSPS) is 17.8. The van der Waals surface area contributed by atoms with Gasteiger partial charge in [-0.2, -0.15) is 0 Å². The van der Waals surface area contributed by atoms with E-state index in [2.05, 4.69) is 5.16 Å². The topological polar surface area (TPSA) is 83.6 Å². The maximum absolute atomic E-state index is 12.8. The summed E-state index contributed by atoms with van der Waals surface area (Å²) in [5.74, 6) is 0.630. The molecule has 3 rings (SSSR count). The quantitative estimate of drug-likeness (QED) is 0.890. The van der Waals surface area contributed by atoms with Crippen molar-refractivity contribution in [1.29, 1.82) is 0 Å². The number of amides is 1. The van der Waals surface area contributed by atoms with Crippen LogP contribution in [0.15, 0.2) is 34.9 Å². The van der Waals surface area contributed by atoms with Crippen molar-refractivity contribution >= 4 is 17.4 Å². The number of carbonyl (C=O) groups is 2. The van der Waals surface area contributed by atoms with E-state index >= 15 is 0 Å². The highest BCUT2D eigenvalue weighted by Gasteiger charge is 2.37. The molecule has 0 saturated carbocycles. The number of aliphatic hydroxyl groups excluding tert-OH is 1. The van der Waals surface area contributed by atoms with E-state index < -0.39 is 6.04 Å². The zero-order valence-electron chi connectivity index (χ0n) is 15.4. The highest BCUT2D eigenvalue weighted by atomic mass is 16.5. The van der Waals surface area contributed by atoms with Gasteiger partial charge in [0.2, 0.25) is 5.91 Å². The van der Waals surface area contributed by atoms with Gasteiger partial charge in [0.15, 0.2) is 5.78 Å². The summed E-state index contributed by atoms with van der Waals surface area (Å²) in [7, 11) is 0. The molecule has 1 aromatic carbocycles. The number of benzene rings is 1. The van der Waals surface area contributed by atoms with Gasteiger partial charge in [-0.1, -0.05) is 38.1 Å². The molecule has 1 aromatic heterocycles. The maximum atomic E-state index is 12.8. The Kier molecular flexibility index (Phi) is 4.96. The molecule has 1 fully saturated rings. The van der Waals surface area contributed by atoms with Crippen LogP contribution >= 0.6 is 0 Å². The van der Waals surface area contributed by atoms with Crippen molar-refractivity contribution < 1.29 is 19.2 Å². The van der Waals surface area contributed by atoms with Crippen LogP contribution in [0.25, 0.3) is 0 Å². The summed E-state index contributed by atoms with van der Waals surface area (Å²) in [6.07, 6.45) is 0.996. The standard InChI is InChI=1S/C20H24N2O4/c1-20(2,3)18-11-14(21-26-18)10-17(24)16-8-9-19(25)22(16)15-6-4-13(12-23)5-7-15/h4-7,11,16,23H,8-10,12H2,1-3H3/t16-/m0/s1. The first-order valence-corrected chi connectivity index (χ1v) is 8.80. The molecule has 138 valence electrons. The first kappa shape index (κ1) is 18.3. The molecule has 0 bridgehead atoms. The minimum absolute atomic E-state index is 0.0455. The zero-order chi connectivity index (χ0) is 18.9. The molecule has 0 radical (unpaired) electrons. The molecular formula is C20H24N2O4. The molecule has 2 heterocycles. The average Bonchev–Trinajstić information content (AvgIpc) is 3.21. The summed E-state index contributed by atoms with van der Waals surface area (Å²) in [6.45, 7) is 6.00. The van der Waals surface area contributed by atoms with Crippen LogP contribution < -0.4 is 4.90 Å². The van der Waals surface area contributed by atoms with Crippen molar-refractivity contribution in [3.8, 4) is 0 Å². The van der Waals surface area contributed by atoms with E-state index in [9.17, 15) is 9.59 Å². The molecule has 6 nitrogen and oxygen atoms in total. The molecule has 6 heteroatoms. The molecule has 0 spiro atoms. The molecule has 1 aliphatic rings. The molecule has 1 saturated heterocycles.